The Bertz CT molecular complexity index is 1030. The fourth-order valence-electron chi connectivity index (χ4n) is 3.59. The first-order valence-electron chi connectivity index (χ1n) is 9.41. The number of hydrogen-bond acceptors (Lipinski definition) is 5. The Morgan fingerprint density at radius 2 is 1.96 bits per heavy atom. The first-order chi connectivity index (χ1) is 13.6. The van der Waals surface area contributed by atoms with Gasteiger partial charge in [-0.1, -0.05) is 12.1 Å². The van der Waals surface area contributed by atoms with Gasteiger partial charge in [0.1, 0.15) is 5.75 Å². The number of fused-ring (bicyclic) bond motifs is 1. The van der Waals surface area contributed by atoms with Crippen molar-refractivity contribution >= 4 is 22.7 Å². The quantitative estimate of drug-likeness (QED) is 0.734. The number of aromatic amines is 1. The lowest BCUT2D eigenvalue weighted by molar-refractivity contribution is -0.131. The molecule has 1 fully saturated rings. The highest BCUT2D eigenvalue weighted by Gasteiger charge is 2.21. The van der Waals surface area contributed by atoms with E-state index in [-0.39, 0.29) is 5.91 Å². The number of hydrogen-bond donors (Lipinski definition) is 1. The number of nitrogens with zero attached hydrogens (tertiary/aromatic N) is 2. The Hall–Kier alpha value is -3.22. The predicted molar refractivity (Wildman–Crippen MR) is 107 cm³/mol. The second kappa shape index (κ2) is 7.80. The third kappa shape index (κ3) is 3.88. The van der Waals surface area contributed by atoms with Gasteiger partial charge in [0, 0.05) is 38.3 Å². The average Bonchev–Trinajstić information content (AvgIpc) is 3.11. The van der Waals surface area contributed by atoms with Crippen molar-refractivity contribution < 1.29 is 13.9 Å². The molecular weight excluding hydrogens is 358 g/mol. The molecule has 7 nitrogen and oxygen atoms in total. The Balaban J connectivity index is 1.32. The molecule has 28 heavy (non-hydrogen) atoms. The molecule has 1 amide bonds. The molecule has 0 spiro atoms. The number of carbonyl (C=O) groups is 1. The maximum atomic E-state index is 12.6. The Labute approximate surface area is 162 Å². The van der Waals surface area contributed by atoms with Gasteiger partial charge in [-0.25, -0.2) is 4.79 Å². The van der Waals surface area contributed by atoms with E-state index < -0.39 is 5.76 Å². The molecule has 3 aromatic rings. The van der Waals surface area contributed by atoms with Crippen molar-refractivity contribution in [1.29, 1.82) is 0 Å². The molecule has 146 valence electrons. The van der Waals surface area contributed by atoms with Gasteiger partial charge < -0.3 is 19.0 Å². The number of ether oxygens (including phenoxy) is 1. The van der Waals surface area contributed by atoms with Crippen molar-refractivity contribution in [3.05, 3.63) is 58.6 Å². The van der Waals surface area contributed by atoms with Crippen LogP contribution in [0.3, 0.4) is 0 Å². The summed E-state index contributed by atoms with van der Waals surface area (Å²) in [4.78, 5) is 30.7. The number of anilines is 1. The molecule has 1 aliphatic rings. The lowest BCUT2D eigenvalue weighted by Gasteiger charge is -2.36. The molecule has 4 rings (SSSR count). The van der Waals surface area contributed by atoms with Crippen LogP contribution in [0.5, 0.6) is 5.75 Å². The Morgan fingerprint density at radius 3 is 2.75 bits per heavy atom. The average molecular weight is 381 g/mol. The lowest BCUT2D eigenvalue weighted by Crippen LogP contribution is -2.48. The number of piperazine rings is 1. The number of benzene rings is 2. The Morgan fingerprint density at radius 1 is 1.14 bits per heavy atom. The number of rotatable bonds is 5. The van der Waals surface area contributed by atoms with E-state index in [2.05, 4.69) is 9.88 Å². The van der Waals surface area contributed by atoms with Crippen molar-refractivity contribution in [3.8, 4) is 5.75 Å². The summed E-state index contributed by atoms with van der Waals surface area (Å²) in [7, 11) is 1.64. The van der Waals surface area contributed by atoms with Crippen LogP contribution in [0, 0.1) is 0 Å². The normalized spacial score (nSPS) is 14.5. The fraction of sp³-hybridized carbons (Fsp3) is 0.333. The molecule has 0 aliphatic carbocycles. The van der Waals surface area contributed by atoms with Gasteiger partial charge in [-0.05, 0) is 42.3 Å². The SMILES string of the molecule is COc1cccc(CCC(=O)N2CCN(c3ccc4oc(=O)[nH]c4c3)CC2)c1. The number of methoxy groups -OCH3 is 1. The van der Waals surface area contributed by atoms with E-state index in [4.69, 9.17) is 9.15 Å². The number of amides is 1. The molecular formula is C21H23N3O4. The van der Waals surface area contributed by atoms with E-state index >= 15 is 0 Å². The smallest absolute Gasteiger partial charge is 0.417 e. The molecule has 1 aromatic heterocycles. The topological polar surface area (TPSA) is 78.8 Å². The molecule has 0 unspecified atom stereocenters. The molecule has 0 radical (unpaired) electrons. The number of oxazole rings is 1. The van der Waals surface area contributed by atoms with Crippen LogP contribution in [0.4, 0.5) is 5.69 Å². The van der Waals surface area contributed by atoms with Crippen LogP contribution < -0.4 is 15.4 Å². The van der Waals surface area contributed by atoms with Gasteiger partial charge in [0.2, 0.25) is 5.91 Å². The van der Waals surface area contributed by atoms with Crippen LogP contribution >= 0.6 is 0 Å². The summed E-state index contributed by atoms with van der Waals surface area (Å²) < 4.78 is 10.3. The van der Waals surface area contributed by atoms with Crippen LogP contribution in [0.25, 0.3) is 11.1 Å². The number of nitrogens with one attached hydrogen (secondary N) is 1. The number of aromatic nitrogens is 1. The summed E-state index contributed by atoms with van der Waals surface area (Å²) in [6, 6.07) is 13.5. The van der Waals surface area contributed by atoms with Gasteiger partial charge in [0.25, 0.3) is 0 Å². The van der Waals surface area contributed by atoms with Crippen LogP contribution in [0.15, 0.2) is 51.7 Å². The number of H-pyrrole nitrogens is 1. The highest BCUT2D eigenvalue weighted by molar-refractivity contribution is 5.78. The molecule has 2 heterocycles. The van der Waals surface area contributed by atoms with Crippen LogP contribution in [-0.2, 0) is 11.2 Å². The highest BCUT2D eigenvalue weighted by atomic mass is 16.5. The van der Waals surface area contributed by atoms with E-state index in [1.807, 2.05) is 41.3 Å². The number of aryl methyl sites for hydroxylation is 1. The van der Waals surface area contributed by atoms with Crippen molar-refractivity contribution in [2.75, 3.05) is 38.2 Å². The van der Waals surface area contributed by atoms with E-state index in [0.29, 0.717) is 37.0 Å². The molecule has 1 aliphatic heterocycles. The first kappa shape index (κ1) is 18.2. The molecule has 0 bridgehead atoms. The van der Waals surface area contributed by atoms with E-state index in [0.717, 1.165) is 30.1 Å². The minimum Gasteiger partial charge on any atom is -0.497 e. The minimum atomic E-state index is -0.446. The highest BCUT2D eigenvalue weighted by Crippen LogP contribution is 2.22. The maximum absolute atomic E-state index is 12.6. The monoisotopic (exact) mass is 381 g/mol. The standard InChI is InChI=1S/C21H23N3O4/c1-27-17-4-2-3-15(13-17)5-8-20(25)24-11-9-23(10-12-24)16-6-7-19-18(14-16)22-21(26)28-19/h2-4,6-7,13-14H,5,8-12H2,1H3,(H,22,26). The van der Waals surface area contributed by atoms with Gasteiger partial charge in [0.05, 0.1) is 12.6 Å². The molecule has 1 saturated heterocycles. The van der Waals surface area contributed by atoms with Crippen molar-refractivity contribution in [2.24, 2.45) is 0 Å². The molecule has 0 saturated carbocycles. The van der Waals surface area contributed by atoms with Crippen LogP contribution in [0.1, 0.15) is 12.0 Å². The van der Waals surface area contributed by atoms with Crippen molar-refractivity contribution in [1.82, 2.24) is 9.88 Å². The van der Waals surface area contributed by atoms with E-state index in [1.54, 1.807) is 13.2 Å². The number of carbonyl (C=O) groups excluding carboxylic acids is 1. The zero-order valence-corrected chi connectivity index (χ0v) is 15.8. The van der Waals surface area contributed by atoms with Gasteiger partial charge >= 0.3 is 5.76 Å². The Kier molecular flexibility index (Phi) is 5.06. The van der Waals surface area contributed by atoms with E-state index in [1.165, 1.54) is 0 Å². The molecule has 1 N–H and O–H groups in total. The zero-order valence-electron chi connectivity index (χ0n) is 15.8. The third-order valence-corrected chi connectivity index (χ3v) is 5.16. The van der Waals surface area contributed by atoms with Crippen molar-refractivity contribution in [3.63, 3.8) is 0 Å². The summed E-state index contributed by atoms with van der Waals surface area (Å²) >= 11 is 0. The molecule has 7 heteroatoms. The van der Waals surface area contributed by atoms with Gasteiger partial charge in [0.15, 0.2) is 5.58 Å². The zero-order chi connectivity index (χ0) is 19.5. The van der Waals surface area contributed by atoms with Gasteiger partial charge in [-0.2, -0.15) is 0 Å². The lowest BCUT2D eigenvalue weighted by atomic mass is 10.1. The summed E-state index contributed by atoms with van der Waals surface area (Å²) in [5.41, 5.74) is 3.38. The summed E-state index contributed by atoms with van der Waals surface area (Å²) in [5, 5.41) is 0. The maximum Gasteiger partial charge on any atom is 0.417 e. The minimum absolute atomic E-state index is 0.178. The van der Waals surface area contributed by atoms with Gasteiger partial charge in [-0.3, -0.25) is 9.78 Å². The summed E-state index contributed by atoms with van der Waals surface area (Å²) in [6.45, 7) is 2.91. The summed E-state index contributed by atoms with van der Waals surface area (Å²) in [5.74, 6) is 0.546. The summed E-state index contributed by atoms with van der Waals surface area (Å²) in [6.07, 6.45) is 1.20. The van der Waals surface area contributed by atoms with Crippen molar-refractivity contribution in [2.45, 2.75) is 12.8 Å². The second-order valence-electron chi connectivity index (χ2n) is 6.91. The molecule has 0 atom stereocenters. The van der Waals surface area contributed by atoms with E-state index in [9.17, 15) is 9.59 Å². The first-order valence-corrected chi connectivity index (χ1v) is 9.41. The largest absolute Gasteiger partial charge is 0.497 e. The van der Waals surface area contributed by atoms with Crippen LogP contribution in [-0.4, -0.2) is 49.1 Å². The fourth-order valence-corrected chi connectivity index (χ4v) is 3.59. The third-order valence-electron chi connectivity index (χ3n) is 5.16. The second-order valence-corrected chi connectivity index (χ2v) is 6.91. The van der Waals surface area contributed by atoms with Gasteiger partial charge in [-0.15, -0.1) is 0 Å². The predicted octanol–water partition coefficient (Wildman–Crippen LogP) is 2.41. The van der Waals surface area contributed by atoms with Crippen LogP contribution in [0.2, 0.25) is 0 Å². The molecule has 2 aromatic carbocycles.